The average molecular weight is 517 g/mol. The molecular weight excluding hydrogens is 472 g/mol. The van der Waals surface area contributed by atoms with Crippen LogP contribution in [0.5, 0.6) is 11.5 Å². The van der Waals surface area contributed by atoms with Crippen molar-refractivity contribution in [2.75, 3.05) is 27.8 Å². The van der Waals surface area contributed by atoms with E-state index in [9.17, 15) is 0 Å². The zero-order valence-corrected chi connectivity index (χ0v) is 24.6. The highest BCUT2D eigenvalue weighted by atomic mass is 35.5. The number of methoxy groups -OCH3 is 1. The molecule has 1 heterocycles. The summed E-state index contributed by atoms with van der Waals surface area (Å²) in [6.07, 6.45) is 3.45. The second kappa shape index (κ2) is 13.7. The van der Waals surface area contributed by atoms with Gasteiger partial charge in [0.15, 0.2) is 0 Å². The first kappa shape index (κ1) is 31.5. The van der Waals surface area contributed by atoms with Crippen LogP contribution in [-0.2, 0) is 23.7 Å². The smallest absolute Gasteiger partial charge is 0.226 e. The Bertz CT molecular complexity index is 1030. The molecule has 0 spiro atoms. The first-order valence-electron chi connectivity index (χ1n) is 12.4. The Morgan fingerprint density at radius 1 is 0.917 bits per heavy atom. The minimum absolute atomic E-state index is 0. The molecule has 1 N–H and O–H groups in total. The number of hydrogen-bond acceptors (Lipinski definition) is 5. The van der Waals surface area contributed by atoms with Crippen LogP contribution in [0.25, 0.3) is 11.5 Å². The SMILES string of the molecule is CCc1ccc(OCCc2coc(-c3cc(C(C)(C)C)c(OC)c(C(C)(C)C)c3)n2)cc1.CNC.Cl. The quantitative estimate of drug-likeness (QED) is 0.355. The highest BCUT2D eigenvalue weighted by molar-refractivity contribution is 5.85. The number of ether oxygens (including phenoxy) is 2. The van der Waals surface area contributed by atoms with E-state index in [-0.39, 0.29) is 23.2 Å². The van der Waals surface area contributed by atoms with E-state index in [1.807, 2.05) is 26.2 Å². The van der Waals surface area contributed by atoms with E-state index in [1.54, 1.807) is 13.4 Å². The Hall–Kier alpha value is -2.50. The van der Waals surface area contributed by atoms with Crippen molar-refractivity contribution in [3.05, 3.63) is 65.0 Å². The maximum Gasteiger partial charge on any atom is 0.226 e. The van der Waals surface area contributed by atoms with Gasteiger partial charge in [0, 0.05) is 23.1 Å². The van der Waals surface area contributed by atoms with Crippen LogP contribution >= 0.6 is 12.4 Å². The molecule has 2 aromatic carbocycles. The van der Waals surface area contributed by atoms with Gasteiger partial charge in [0.1, 0.15) is 17.8 Å². The molecule has 0 aliphatic carbocycles. The Morgan fingerprint density at radius 2 is 1.44 bits per heavy atom. The van der Waals surface area contributed by atoms with Crippen LogP contribution in [0.15, 0.2) is 47.1 Å². The van der Waals surface area contributed by atoms with Crippen molar-refractivity contribution >= 4 is 12.4 Å². The van der Waals surface area contributed by atoms with Crippen LogP contribution in [0.2, 0.25) is 0 Å². The van der Waals surface area contributed by atoms with Gasteiger partial charge in [-0.05, 0) is 61.2 Å². The fourth-order valence-corrected chi connectivity index (χ4v) is 3.74. The van der Waals surface area contributed by atoms with Crippen LogP contribution in [0, 0.1) is 0 Å². The number of nitrogens with zero attached hydrogens (tertiary/aromatic N) is 1. The van der Waals surface area contributed by atoms with E-state index in [0.717, 1.165) is 40.3 Å². The Balaban J connectivity index is 0.00000154. The third kappa shape index (κ3) is 8.56. The van der Waals surface area contributed by atoms with Crippen LogP contribution in [0.1, 0.15) is 70.9 Å². The van der Waals surface area contributed by atoms with Gasteiger partial charge in [-0.15, -0.1) is 12.4 Å². The van der Waals surface area contributed by atoms with Gasteiger partial charge in [-0.3, -0.25) is 0 Å². The number of aryl methyl sites for hydroxylation is 1. The number of rotatable bonds is 7. The van der Waals surface area contributed by atoms with Crippen LogP contribution < -0.4 is 14.8 Å². The van der Waals surface area contributed by atoms with Crippen LogP contribution in [-0.4, -0.2) is 32.8 Å². The molecule has 5 nitrogen and oxygen atoms in total. The number of hydrogen-bond donors (Lipinski definition) is 1. The summed E-state index contributed by atoms with van der Waals surface area (Å²) in [6.45, 7) is 15.9. The van der Waals surface area contributed by atoms with Crippen molar-refractivity contribution in [3.63, 3.8) is 0 Å². The van der Waals surface area contributed by atoms with Gasteiger partial charge < -0.3 is 19.2 Å². The first-order chi connectivity index (χ1) is 16.4. The van der Waals surface area contributed by atoms with Crippen molar-refractivity contribution < 1.29 is 13.9 Å². The molecule has 1 aromatic heterocycles. The van der Waals surface area contributed by atoms with Crippen molar-refractivity contribution in [1.29, 1.82) is 0 Å². The lowest BCUT2D eigenvalue weighted by atomic mass is 9.78. The van der Waals surface area contributed by atoms with Gasteiger partial charge >= 0.3 is 0 Å². The largest absolute Gasteiger partial charge is 0.496 e. The summed E-state index contributed by atoms with van der Waals surface area (Å²) in [5.41, 5.74) is 5.33. The average Bonchev–Trinajstić information content (AvgIpc) is 3.27. The molecule has 0 aliphatic heterocycles. The van der Waals surface area contributed by atoms with Crippen LogP contribution in [0.4, 0.5) is 0 Å². The standard InChI is InChI=1S/C28H37NO3.C2H7N.ClH/c1-9-19-10-12-22(13-11-19)31-15-14-21-18-32-26(29-21)20-16-23(27(2,3)4)25(30-8)24(17-20)28(5,6)7;1-3-2;/h10-13,16-18H,9,14-15H2,1-8H3;3H,1-2H3;1H. The fraction of sp³-hybridized carbons (Fsp3) is 0.500. The third-order valence-electron chi connectivity index (χ3n) is 5.67. The zero-order valence-electron chi connectivity index (χ0n) is 23.7. The predicted octanol–water partition coefficient (Wildman–Crippen LogP) is 7.39. The molecule has 0 unspecified atom stereocenters. The highest BCUT2D eigenvalue weighted by Crippen LogP contribution is 2.42. The van der Waals surface area contributed by atoms with E-state index in [2.05, 4.69) is 78.0 Å². The highest BCUT2D eigenvalue weighted by Gasteiger charge is 2.28. The van der Waals surface area contributed by atoms with Crippen LogP contribution in [0.3, 0.4) is 0 Å². The van der Waals surface area contributed by atoms with E-state index >= 15 is 0 Å². The number of halogens is 1. The molecule has 6 heteroatoms. The predicted molar refractivity (Wildman–Crippen MR) is 153 cm³/mol. The molecule has 0 saturated carbocycles. The minimum atomic E-state index is -0.0715. The van der Waals surface area contributed by atoms with E-state index < -0.39 is 0 Å². The molecule has 0 fully saturated rings. The van der Waals surface area contributed by atoms with Gasteiger partial charge in [-0.2, -0.15) is 0 Å². The molecule has 0 radical (unpaired) electrons. The number of oxazole rings is 1. The lowest BCUT2D eigenvalue weighted by Crippen LogP contribution is -2.19. The van der Waals surface area contributed by atoms with Gasteiger partial charge in [0.05, 0.1) is 19.4 Å². The molecule has 200 valence electrons. The van der Waals surface area contributed by atoms with E-state index in [0.29, 0.717) is 18.9 Å². The van der Waals surface area contributed by atoms with E-state index in [4.69, 9.17) is 18.9 Å². The normalized spacial score (nSPS) is 11.3. The summed E-state index contributed by atoms with van der Waals surface area (Å²) >= 11 is 0. The van der Waals surface area contributed by atoms with Gasteiger partial charge in [0.2, 0.25) is 5.89 Å². The Kier molecular flexibility index (Phi) is 12.0. The van der Waals surface area contributed by atoms with Crippen molar-refractivity contribution in [3.8, 4) is 23.0 Å². The maximum absolute atomic E-state index is 5.89. The van der Waals surface area contributed by atoms with E-state index in [1.165, 1.54) is 5.56 Å². The zero-order chi connectivity index (χ0) is 26.2. The molecule has 3 aromatic rings. The second-order valence-corrected chi connectivity index (χ2v) is 10.8. The Morgan fingerprint density at radius 3 is 1.89 bits per heavy atom. The second-order valence-electron chi connectivity index (χ2n) is 10.8. The van der Waals surface area contributed by atoms with Crippen molar-refractivity contribution in [1.82, 2.24) is 10.3 Å². The number of aromatic nitrogens is 1. The summed E-state index contributed by atoms with van der Waals surface area (Å²) in [5, 5.41) is 2.75. The molecule has 0 atom stereocenters. The molecule has 0 bridgehead atoms. The molecule has 0 saturated heterocycles. The number of benzene rings is 2. The van der Waals surface area contributed by atoms with Crippen molar-refractivity contribution in [2.45, 2.75) is 72.1 Å². The summed E-state index contributed by atoms with van der Waals surface area (Å²) < 4.78 is 17.6. The molecule has 36 heavy (non-hydrogen) atoms. The monoisotopic (exact) mass is 516 g/mol. The number of nitrogens with one attached hydrogen (secondary N) is 1. The Labute approximate surface area is 224 Å². The topological polar surface area (TPSA) is 56.5 Å². The van der Waals surface area contributed by atoms with Crippen molar-refractivity contribution in [2.24, 2.45) is 0 Å². The minimum Gasteiger partial charge on any atom is -0.496 e. The first-order valence-corrected chi connectivity index (χ1v) is 12.4. The summed E-state index contributed by atoms with van der Waals surface area (Å²) in [7, 11) is 5.50. The molecule has 3 rings (SSSR count). The lowest BCUT2D eigenvalue weighted by Gasteiger charge is -2.29. The molecule has 0 amide bonds. The summed E-state index contributed by atoms with van der Waals surface area (Å²) in [5.74, 6) is 2.46. The van der Waals surface area contributed by atoms with Gasteiger partial charge in [-0.25, -0.2) is 4.98 Å². The lowest BCUT2D eigenvalue weighted by molar-refractivity contribution is 0.320. The van der Waals surface area contributed by atoms with Gasteiger partial charge in [-0.1, -0.05) is 60.6 Å². The van der Waals surface area contributed by atoms with Gasteiger partial charge in [0.25, 0.3) is 0 Å². The summed E-state index contributed by atoms with van der Waals surface area (Å²) in [6, 6.07) is 12.5. The fourth-order valence-electron chi connectivity index (χ4n) is 3.74. The molecular formula is C30H45ClN2O3. The molecule has 0 aliphatic rings. The summed E-state index contributed by atoms with van der Waals surface area (Å²) in [4.78, 5) is 4.75. The maximum atomic E-state index is 5.89. The third-order valence-corrected chi connectivity index (χ3v) is 5.67.